The molecule has 3 N–H and O–H groups in total. The Morgan fingerprint density at radius 2 is 2.00 bits per heavy atom. The summed E-state index contributed by atoms with van der Waals surface area (Å²) in [4.78, 5) is 8.91. The highest BCUT2D eigenvalue weighted by atomic mass is 16.5. The Morgan fingerprint density at radius 1 is 1.30 bits per heavy atom. The van der Waals surface area contributed by atoms with E-state index in [1.165, 1.54) is 0 Å². The van der Waals surface area contributed by atoms with Gasteiger partial charge in [0.2, 0.25) is 5.88 Å². The zero-order valence-electron chi connectivity index (χ0n) is 12.4. The van der Waals surface area contributed by atoms with Crippen LogP contribution in [0.3, 0.4) is 0 Å². The molecule has 108 valence electrons. The monoisotopic (exact) mass is 276 g/mol. The van der Waals surface area contributed by atoms with Crippen molar-refractivity contribution in [1.82, 2.24) is 19.7 Å². The molecule has 7 nitrogen and oxygen atoms in total. The Labute approximate surface area is 118 Å². The lowest BCUT2D eigenvalue weighted by molar-refractivity contribution is 0.442. The number of rotatable bonds is 3. The van der Waals surface area contributed by atoms with Crippen LogP contribution < -0.4 is 16.0 Å². The summed E-state index contributed by atoms with van der Waals surface area (Å²) in [5, 5.41) is 4.06. The van der Waals surface area contributed by atoms with Crippen LogP contribution in [0.5, 0.6) is 11.6 Å². The quantitative estimate of drug-likeness (QED) is 0.657. The molecule has 0 fully saturated rings. The van der Waals surface area contributed by atoms with Gasteiger partial charge in [-0.3, -0.25) is 4.68 Å². The molecule has 0 amide bonds. The van der Waals surface area contributed by atoms with Crippen molar-refractivity contribution in [2.24, 2.45) is 12.9 Å². The summed E-state index contributed by atoms with van der Waals surface area (Å²) >= 11 is 0. The smallest absolute Gasteiger partial charge is 0.227 e. The average molecular weight is 276 g/mol. The number of nitrogens with one attached hydrogen (secondary N) is 1. The molecule has 0 bridgehead atoms. The minimum Gasteiger partial charge on any atom is -0.435 e. The number of hydrogen-bond acceptors (Lipinski definition) is 6. The number of nitrogen functional groups attached to an aromatic ring is 1. The summed E-state index contributed by atoms with van der Waals surface area (Å²) < 4.78 is 7.44. The number of aromatic nitrogens is 4. The lowest BCUT2D eigenvalue weighted by Gasteiger charge is -2.19. The second kappa shape index (κ2) is 5.09. The van der Waals surface area contributed by atoms with Gasteiger partial charge < -0.3 is 10.2 Å². The topological polar surface area (TPSA) is 90.9 Å². The van der Waals surface area contributed by atoms with Gasteiger partial charge in [-0.2, -0.15) is 10.1 Å². The fraction of sp³-hybridized carbons (Fsp3) is 0.462. The number of aryl methyl sites for hydroxylation is 1. The molecular formula is C13H20N6O. The van der Waals surface area contributed by atoms with Crippen molar-refractivity contribution >= 4 is 5.82 Å². The maximum Gasteiger partial charge on any atom is 0.227 e. The fourth-order valence-corrected chi connectivity index (χ4v) is 1.63. The van der Waals surface area contributed by atoms with Crippen molar-refractivity contribution in [3.8, 4) is 11.6 Å². The molecule has 0 aliphatic heterocycles. The van der Waals surface area contributed by atoms with Crippen LogP contribution in [-0.2, 0) is 12.5 Å². The van der Waals surface area contributed by atoms with E-state index in [0.29, 0.717) is 23.3 Å². The second-order valence-corrected chi connectivity index (χ2v) is 5.67. The van der Waals surface area contributed by atoms with Crippen molar-refractivity contribution in [2.75, 3.05) is 5.43 Å². The van der Waals surface area contributed by atoms with E-state index in [2.05, 4.69) is 20.5 Å². The Kier molecular flexibility index (Phi) is 3.63. The summed E-state index contributed by atoms with van der Waals surface area (Å²) in [5.74, 6) is 7.84. The molecule has 0 spiro atoms. The van der Waals surface area contributed by atoms with E-state index in [4.69, 9.17) is 10.6 Å². The van der Waals surface area contributed by atoms with E-state index in [1.54, 1.807) is 17.1 Å². The lowest BCUT2D eigenvalue weighted by Crippen LogP contribution is -2.20. The van der Waals surface area contributed by atoms with Gasteiger partial charge in [-0.15, -0.1) is 0 Å². The first-order valence-electron chi connectivity index (χ1n) is 6.33. The molecule has 0 aliphatic rings. The number of ether oxygens (including phenoxy) is 1. The molecule has 2 rings (SSSR count). The summed E-state index contributed by atoms with van der Waals surface area (Å²) in [6, 6.07) is 0. The van der Waals surface area contributed by atoms with Crippen LogP contribution in [-0.4, -0.2) is 19.7 Å². The standard InChI is InChI=1S/C13H20N6O/c1-8-10(18-14)16-12(13(2,3)4)17-11(8)20-9-6-15-19(5)7-9/h6-7H,14H2,1-5H3,(H,16,17,18). The third-order valence-electron chi connectivity index (χ3n) is 2.80. The van der Waals surface area contributed by atoms with Gasteiger partial charge in [-0.25, -0.2) is 10.8 Å². The SMILES string of the molecule is Cc1c(NN)nc(C(C)(C)C)nc1Oc1cnn(C)c1. The summed E-state index contributed by atoms with van der Waals surface area (Å²) in [6.07, 6.45) is 3.40. The van der Waals surface area contributed by atoms with Crippen molar-refractivity contribution in [1.29, 1.82) is 0 Å². The zero-order chi connectivity index (χ0) is 14.9. The van der Waals surface area contributed by atoms with Crippen LogP contribution in [0.4, 0.5) is 5.82 Å². The summed E-state index contributed by atoms with van der Waals surface area (Å²) in [6.45, 7) is 7.96. The predicted molar refractivity (Wildman–Crippen MR) is 76.6 cm³/mol. The maximum atomic E-state index is 5.78. The third kappa shape index (κ3) is 2.88. The molecule has 0 saturated carbocycles. The van der Waals surface area contributed by atoms with Crippen LogP contribution in [0.15, 0.2) is 12.4 Å². The van der Waals surface area contributed by atoms with Crippen LogP contribution in [0.25, 0.3) is 0 Å². The van der Waals surface area contributed by atoms with E-state index < -0.39 is 0 Å². The van der Waals surface area contributed by atoms with Gasteiger partial charge in [0.25, 0.3) is 0 Å². The van der Waals surface area contributed by atoms with E-state index >= 15 is 0 Å². The van der Waals surface area contributed by atoms with Crippen molar-refractivity contribution in [3.63, 3.8) is 0 Å². The molecule has 0 radical (unpaired) electrons. The van der Waals surface area contributed by atoms with Gasteiger partial charge in [-0.1, -0.05) is 20.8 Å². The number of nitrogens with two attached hydrogens (primary N) is 1. The van der Waals surface area contributed by atoms with Gasteiger partial charge in [0, 0.05) is 12.5 Å². The third-order valence-corrected chi connectivity index (χ3v) is 2.80. The highest BCUT2D eigenvalue weighted by molar-refractivity contribution is 5.49. The van der Waals surface area contributed by atoms with Gasteiger partial charge in [0.1, 0.15) is 5.82 Å². The Bertz CT molecular complexity index is 614. The highest BCUT2D eigenvalue weighted by Gasteiger charge is 2.22. The van der Waals surface area contributed by atoms with Crippen LogP contribution in [0.2, 0.25) is 0 Å². The van der Waals surface area contributed by atoms with Crippen LogP contribution in [0.1, 0.15) is 32.2 Å². The molecule has 7 heteroatoms. The first kappa shape index (κ1) is 14.3. The average Bonchev–Trinajstić information content (AvgIpc) is 2.76. The second-order valence-electron chi connectivity index (χ2n) is 5.67. The number of hydrazine groups is 1. The minimum atomic E-state index is -0.202. The first-order chi connectivity index (χ1) is 9.31. The normalized spacial score (nSPS) is 11.5. The minimum absolute atomic E-state index is 0.202. The van der Waals surface area contributed by atoms with E-state index in [1.807, 2.05) is 34.7 Å². The van der Waals surface area contributed by atoms with Crippen LogP contribution in [0, 0.1) is 6.92 Å². The zero-order valence-corrected chi connectivity index (χ0v) is 12.4. The molecule has 0 saturated heterocycles. The predicted octanol–water partition coefficient (Wildman–Crippen LogP) is 1.89. The molecule has 20 heavy (non-hydrogen) atoms. The number of hydrogen-bond donors (Lipinski definition) is 2. The van der Waals surface area contributed by atoms with E-state index in [9.17, 15) is 0 Å². The molecule has 0 aliphatic carbocycles. The van der Waals surface area contributed by atoms with Gasteiger partial charge in [0.15, 0.2) is 11.6 Å². The molecule has 2 aromatic rings. The molecule has 0 atom stereocenters. The van der Waals surface area contributed by atoms with Crippen LogP contribution >= 0.6 is 0 Å². The van der Waals surface area contributed by atoms with Crippen molar-refractivity contribution in [3.05, 3.63) is 23.8 Å². The largest absolute Gasteiger partial charge is 0.435 e. The summed E-state index contributed by atoms with van der Waals surface area (Å²) in [7, 11) is 1.83. The van der Waals surface area contributed by atoms with E-state index in [0.717, 1.165) is 5.56 Å². The maximum absolute atomic E-state index is 5.78. The molecule has 2 heterocycles. The Morgan fingerprint density at radius 3 is 2.50 bits per heavy atom. The van der Waals surface area contributed by atoms with E-state index in [-0.39, 0.29) is 5.41 Å². The van der Waals surface area contributed by atoms with Crippen molar-refractivity contribution < 1.29 is 4.74 Å². The highest BCUT2D eigenvalue weighted by Crippen LogP contribution is 2.29. The molecule has 0 aromatic carbocycles. The van der Waals surface area contributed by atoms with Gasteiger partial charge in [-0.05, 0) is 6.92 Å². The van der Waals surface area contributed by atoms with Gasteiger partial charge in [0.05, 0.1) is 18.0 Å². The first-order valence-corrected chi connectivity index (χ1v) is 6.33. The number of anilines is 1. The summed E-state index contributed by atoms with van der Waals surface area (Å²) in [5.41, 5.74) is 3.14. The Hall–Kier alpha value is -2.15. The number of nitrogens with zero attached hydrogens (tertiary/aromatic N) is 4. The lowest BCUT2D eigenvalue weighted by atomic mass is 9.95. The Balaban J connectivity index is 2.45. The molecular weight excluding hydrogens is 256 g/mol. The van der Waals surface area contributed by atoms with Crippen molar-refractivity contribution in [2.45, 2.75) is 33.1 Å². The molecule has 2 aromatic heterocycles. The van der Waals surface area contributed by atoms with Gasteiger partial charge >= 0.3 is 0 Å². The fourth-order valence-electron chi connectivity index (χ4n) is 1.63. The molecule has 0 unspecified atom stereocenters.